The highest BCUT2D eigenvalue weighted by molar-refractivity contribution is 7.19. The van der Waals surface area contributed by atoms with Crippen LogP contribution >= 0.6 is 22.9 Å². The minimum Gasteiger partial charge on any atom is -0.489 e. The lowest BCUT2D eigenvalue weighted by Crippen LogP contribution is -1.97. The van der Waals surface area contributed by atoms with E-state index in [0.29, 0.717) is 36.2 Å². The van der Waals surface area contributed by atoms with Crippen molar-refractivity contribution in [2.45, 2.75) is 19.3 Å². The van der Waals surface area contributed by atoms with Crippen LogP contribution in [0.5, 0.6) is 11.5 Å². The van der Waals surface area contributed by atoms with Crippen molar-refractivity contribution in [2.24, 2.45) is 0 Å². The number of hydrogen-bond donors (Lipinski definition) is 1. The number of thiazole rings is 1. The molecule has 0 aliphatic carbocycles. The van der Waals surface area contributed by atoms with Crippen molar-refractivity contribution in [1.29, 1.82) is 0 Å². The number of carboxylic acids is 1. The summed E-state index contributed by atoms with van der Waals surface area (Å²) in [5.41, 5.74) is 2.59. The summed E-state index contributed by atoms with van der Waals surface area (Å²) in [6, 6.07) is 11.6. The molecule has 0 radical (unpaired) electrons. The van der Waals surface area contributed by atoms with Gasteiger partial charge in [0.25, 0.3) is 0 Å². The predicted molar refractivity (Wildman–Crippen MR) is 111 cm³/mol. The van der Waals surface area contributed by atoms with Crippen LogP contribution in [0.4, 0.5) is 0 Å². The lowest BCUT2D eigenvalue weighted by Gasteiger charge is -2.11. The van der Waals surface area contributed by atoms with Crippen LogP contribution in [0.1, 0.15) is 29.8 Å². The Morgan fingerprint density at radius 1 is 1.21 bits per heavy atom. The van der Waals surface area contributed by atoms with Gasteiger partial charge in [-0.15, -0.1) is 11.3 Å². The molecule has 28 heavy (non-hydrogen) atoms. The van der Waals surface area contributed by atoms with Crippen LogP contribution in [-0.4, -0.2) is 29.3 Å². The van der Waals surface area contributed by atoms with Crippen LogP contribution in [0.2, 0.25) is 5.02 Å². The van der Waals surface area contributed by atoms with Crippen molar-refractivity contribution in [3.8, 4) is 11.5 Å². The number of halogens is 1. The maximum Gasteiger partial charge on any atom is 0.303 e. The van der Waals surface area contributed by atoms with E-state index in [2.05, 4.69) is 4.98 Å². The summed E-state index contributed by atoms with van der Waals surface area (Å²) in [5.74, 6) is 0.324. The third-order valence-corrected chi connectivity index (χ3v) is 5.73. The number of fused-ring (bicyclic) bond motifs is 2. The van der Waals surface area contributed by atoms with E-state index in [-0.39, 0.29) is 6.42 Å². The normalized spacial score (nSPS) is 14.1. The van der Waals surface area contributed by atoms with E-state index in [4.69, 9.17) is 26.2 Å². The summed E-state index contributed by atoms with van der Waals surface area (Å²) in [7, 11) is 0. The number of nitrogens with zero attached hydrogens (tertiary/aromatic N) is 1. The molecule has 5 nitrogen and oxygen atoms in total. The van der Waals surface area contributed by atoms with Gasteiger partial charge in [0.15, 0.2) is 11.5 Å². The van der Waals surface area contributed by atoms with Crippen molar-refractivity contribution in [1.82, 2.24) is 4.98 Å². The number of hydrogen-bond acceptors (Lipinski definition) is 5. The number of para-hydroxylation sites is 1. The van der Waals surface area contributed by atoms with E-state index in [1.54, 1.807) is 11.3 Å². The van der Waals surface area contributed by atoms with E-state index in [0.717, 1.165) is 32.8 Å². The Morgan fingerprint density at radius 3 is 2.86 bits per heavy atom. The lowest BCUT2D eigenvalue weighted by atomic mass is 10.1. The second-order valence-electron chi connectivity index (χ2n) is 6.43. The Bertz CT molecular complexity index is 1030. The molecule has 2 heterocycles. The average molecular weight is 416 g/mol. The fraction of sp³-hybridized carbons (Fsp3) is 0.238. The molecule has 3 aromatic rings. The number of aliphatic carboxylic acids is 1. The Morgan fingerprint density at radius 2 is 2.04 bits per heavy atom. The zero-order chi connectivity index (χ0) is 19.5. The topological polar surface area (TPSA) is 68.7 Å². The molecule has 0 spiro atoms. The fourth-order valence-electron chi connectivity index (χ4n) is 3.03. The average Bonchev–Trinajstić information content (AvgIpc) is 2.95. The van der Waals surface area contributed by atoms with Gasteiger partial charge in [0.05, 0.1) is 28.5 Å². The minimum atomic E-state index is -0.844. The second kappa shape index (κ2) is 8.20. The van der Waals surface area contributed by atoms with Gasteiger partial charge in [-0.3, -0.25) is 4.79 Å². The Kier molecular flexibility index (Phi) is 5.50. The monoisotopic (exact) mass is 415 g/mol. The number of carbonyl (C=O) groups is 1. The summed E-state index contributed by atoms with van der Waals surface area (Å²) >= 11 is 7.95. The van der Waals surface area contributed by atoms with Crippen molar-refractivity contribution in [2.75, 3.05) is 13.2 Å². The van der Waals surface area contributed by atoms with Crippen LogP contribution in [0, 0.1) is 0 Å². The molecule has 1 aromatic heterocycles. The van der Waals surface area contributed by atoms with Gasteiger partial charge in [0.2, 0.25) is 0 Å². The first-order valence-corrected chi connectivity index (χ1v) is 10.2. The van der Waals surface area contributed by atoms with Crippen LogP contribution in [0.3, 0.4) is 0 Å². The fourth-order valence-corrected chi connectivity index (χ4v) is 4.31. The van der Waals surface area contributed by atoms with Crippen LogP contribution in [0.15, 0.2) is 36.4 Å². The summed E-state index contributed by atoms with van der Waals surface area (Å²) in [6.07, 6.45) is 3.13. The molecule has 0 saturated carbocycles. The zero-order valence-corrected chi connectivity index (χ0v) is 16.6. The quantitative estimate of drug-likeness (QED) is 0.594. The number of allylic oxidation sites excluding steroid dienone is 1. The molecule has 144 valence electrons. The van der Waals surface area contributed by atoms with Crippen molar-refractivity contribution in [3.05, 3.63) is 52.0 Å². The number of benzene rings is 2. The zero-order valence-electron chi connectivity index (χ0n) is 15.0. The molecule has 1 aliphatic rings. The van der Waals surface area contributed by atoms with Crippen LogP contribution in [0.25, 0.3) is 21.9 Å². The maximum atomic E-state index is 11.1. The molecule has 1 aliphatic heterocycles. The predicted octanol–water partition coefficient (Wildman–Crippen LogP) is 5.52. The Labute approximate surface area is 171 Å². The molecule has 0 saturated heterocycles. The highest BCUT2D eigenvalue weighted by atomic mass is 35.5. The van der Waals surface area contributed by atoms with Crippen molar-refractivity contribution >= 4 is 50.8 Å². The molecular weight excluding hydrogens is 398 g/mol. The summed E-state index contributed by atoms with van der Waals surface area (Å²) in [5, 5.41) is 10.4. The number of aromatic nitrogens is 1. The standard InChI is InChI=1S/C21H18ClNO4S/c22-15-11-13(12-17-20(15)27-9-3-8-26-17)10-14(6-7-19(24)25)21-23-16-4-1-2-5-18(16)28-21/h1-2,4-5,10-12H,3,6-9H2,(H,24,25)/b14-10+. The summed E-state index contributed by atoms with van der Waals surface area (Å²) in [4.78, 5) is 15.8. The molecule has 4 rings (SSSR count). The van der Waals surface area contributed by atoms with Gasteiger partial charge in [-0.25, -0.2) is 4.98 Å². The van der Waals surface area contributed by atoms with E-state index in [9.17, 15) is 4.79 Å². The molecular formula is C21H18ClNO4S. The van der Waals surface area contributed by atoms with E-state index >= 15 is 0 Å². The Balaban J connectivity index is 1.75. The first kappa shape index (κ1) is 18.8. The highest BCUT2D eigenvalue weighted by Crippen LogP contribution is 2.39. The van der Waals surface area contributed by atoms with Gasteiger partial charge in [-0.05, 0) is 47.9 Å². The first-order valence-electron chi connectivity index (χ1n) is 8.97. The van der Waals surface area contributed by atoms with Gasteiger partial charge in [-0.2, -0.15) is 0 Å². The van der Waals surface area contributed by atoms with E-state index < -0.39 is 5.97 Å². The second-order valence-corrected chi connectivity index (χ2v) is 7.87. The third kappa shape index (κ3) is 4.13. The van der Waals surface area contributed by atoms with Crippen LogP contribution < -0.4 is 9.47 Å². The molecule has 0 atom stereocenters. The summed E-state index contributed by atoms with van der Waals surface area (Å²) < 4.78 is 12.5. The van der Waals surface area contributed by atoms with Crippen LogP contribution in [-0.2, 0) is 4.79 Å². The molecule has 7 heteroatoms. The molecule has 0 fully saturated rings. The SMILES string of the molecule is O=C(O)CC/C(=C\c1cc(Cl)c2c(c1)OCCCO2)c1nc2ccccc2s1. The van der Waals surface area contributed by atoms with Gasteiger partial charge < -0.3 is 14.6 Å². The highest BCUT2D eigenvalue weighted by Gasteiger charge is 2.16. The first-order chi connectivity index (χ1) is 13.6. The van der Waals surface area contributed by atoms with Gasteiger partial charge in [-0.1, -0.05) is 23.7 Å². The van der Waals surface area contributed by atoms with E-state index in [1.807, 2.05) is 42.5 Å². The number of carboxylic acid groups (broad SMARTS) is 1. The lowest BCUT2D eigenvalue weighted by molar-refractivity contribution is -0.136. The number of ether oxygens (including phenoxy) is 2. The molecule has 0 bridgehead atoms. The Hall–Kier alpha value is -2.57. The number of rotatable bonds is 5. The third-order valence-electron chi connectivity index (χ3n) is 4.34. The smallest absolute Gasteiger partial charge is 0.303 e. The van der Waals surface area contributed by atoms with Gasteiger partial charge in [0, 0.05) is 12.8 Å². The largest absolute Gasteiger partial charge is 0.489 e. The maximum absolute atomic E-state index is 11.1. The van der Waals surface area contributed by atoms with Crippen molar-refractivity contribution < 1.29 is 19.4 Å². The van der Waals surface area contributed by atoms with E-state index in [1.165, 1.54) is 0 Å². The van der Waals surface area contributed by atoms with Crippen molar-refractivity contribution in [3.63, 3.8) is 0 Å². The molecule has 1 N–H and O–H groups in total. The van der Waals surface area contributed by atoms with Gasteiger partial charge >= 0.3 is 5.97 Å². The summed E-state index contributed by atoms with van der Waals surface area (Å²) in [6.45, 7) is 1.14. The van der Waals surface area contributed by atoms with Gasteiger partial charge in [0.1, 0.15) is 5.01 Å². The molecule has 0 unspecified atom stereocenters. The molecule has 2 aromatic carbocycles. The molecule has 0 amide bonds. The minimum absolute atomic E-state index is 0.0278.